The maximum Gasteiger partial charge on any atom is 0.246 e. The van der Waals surface area contributed by atoms with Crippen LogP contribution in [0.3, 0.4) is 0 Å². The second-order valence-corrected chi connectivity index (χ2v) is 13.3. The van der Waals surface area contributed by atoms with E-state index in [0.29, 0.717) is 25.8 Å². The van der Waals surface area contributed by atoms with Crippen LogP contribution in [0.5, 0.6) is 0 Å². The Morgan fingerprint density at radius 2 is 1.30 bits per heavy atom. The maximum atomic E-state index is 14.4. The zero-order chi connectivity index (χ0) is 34.4. The fourth-order valence-electron chi connectivity index (χ4n) is 5.33. The number of carbonyl (C=O) groups excluding carboxylic acids is 3. The van der Waals surface area contributed by atoms with Gasteiger partial charge in [0, 0.05) is 39.0 Å². The zero-order valence-corrected chi connectivity index (χ0v) is 29.0. The van der Waals surface area contributed by atoms with Crippen LogP contribution in [-0.2, 0) is 27.2 Å². The number of nitrogens with zero attached hydrogens (tertiary/aromatic N) is 3. The first-order chi connectivity index (χ1) is 22.4. The minimum absolute atomic E-state index is 0.209. The van der Waals surface area contributed by atoms with E-state index in [1.807, 2.05) is 101 Å². The molecule has 8 nitrogen and oxygen atoms in total. The minimum atomic E-state index is -0.836. The van der Waals surface area contributed by atoms with E-state index in [4.69, 9.17) is 5.73 Å². The molecule has 0 aliphatic heterocycles. The molecule has 0 aliphatic rings. The van der Waals surface area contributed by atoms with Crippen molar-refractivity contribution in [1.82, 2.24) is 20.0 Å². The maximum absolute atomic E-state index is 14.4. The number of rotatable bonds is 17. The molecule has 0 bridgehead atoms. The number of hydrogen-bond acceptors (Lipinski definition) is 5. The minimum Gasteiger partial charge on any atom is -0.354 e. The van der Waals surface area contributed by atoms with E-state index in [1.54, 1.807) is 20.2 Å². The van der Waals surface area contributed by atoms with Gasteiger partial charge < -0.3 is 25.8 Å². The highest BCUT2D eigenvalue weighted by molar-refractivity contribution is 5.95. The van der Waals surface area contributed by atoms with Gasteiger partial charge in [0.05, 0.1) is 0 Å². The van der Waals surface area contributed by atoms with Crippen LogP contribution in [0.15, 0.2) is 97.1 Å². The normalized spacial score (nSPS) is 12.9. The summed E-state index contributed by atoms with van der Waals surface area (Å²) in [6.45, 7) is 5.25. The van der Waals surface area contributed by atoms with E-state index in [9.17, 15) is 14.4 Å². The van der Waals surface area contributed by atoms with Gasteiger partial charge in [-0.1, -0.05) is 91.0 Å². The molecule has 3 aromatic rings. The lowest BCUT2D eigenvalue weighted by atomic mass is 9.98. The molecule has 0 unspecified atom stereocenters. The van der Waals surface area contributed by atoms with Crippen molar-refractivity contribution in [2.24, 2.45) is 5.73 Å². The topological polar surface area (TPSA) is 99.0 Å². The number of nitrogens with two attached hydrogens (primary N) is 1. The van der Waals surface area contributed by atoms with Crippen LogP contribution in [0.1, 0.15) is 44.2 Å². The highest BCUT2D eigenvalue weighted by Crippen LogP contribution is 2.21. The summed E-state index contributed by atoms with van der Waals surface area (Å²) in [5.41, 5.74) is 9.68. The number of amides is 3. The van der Waals surface area contributed by atoms with Crippen molar-refractivity contribution < 1.29 is 14.4 Å². The molecule has 0 aliphatic carbocycles. The molecule has 3 aromatic carbocycles. The van der Waals surface area contributed by atoms with Crippen LogP contribution in [0, 0.1) is 0 Å². The van der Waals surface area contributed by atoms with Gasteiger partial charge in [0.25, 0.3) is 0 Å². The average Bonchev–Trinajstić information content (AvgIpc) is 3.05. The third-order valence-corrected chi connectivity index (χ3v) is 8.22. The first kappa shape index (κ1) is 37.2. The molecule has 8 heteroatoms. The van der Waals surface area contributed by atoms with Gasteiger partial charge in [-0.2, -0.15) is 0 Å². The molecule has 0 saturated heterocycles. The Balaban J connectivity index is 1.88. The Morgan fingerprint density at radius 1 is 0.745 bits per heavy atom. The molecule has 0 radical (unpaired) electrons. The Hall–Kier alpha value is -4.27. The summed E-state index contributed by atoms with van der Waals surface area (Å²) in [4.78, 5) is 46.6. The quantitative estimate of drug-likeness (QED) is 0.161. The van der Waals surface area contributed by atoms with Crippen LogP contribution in [0.25, 0.3) is 11.1 Å². The third-order valence-electron chi connectivity index (χ3n) is 8.22. The Labute approximate surface area is 281 Å². The number of carbonyl (C=O) groups is 3. The first-order valence-electron chi connectivity index (χ1n) is 16.5. The summed E-state index contributed by atoms with van der Waals surface area (Å²) in [6.07, 6.45) is 6.19. The summed E-state index contributed by atoms with van der Waals surface area (Å²) >= 11 is 0. The second kappa shape index (κ2) is 18.2. The number of nitrogens with one attached hydrogen (secondary N) is 1. The summed E-state index contributed by atoms with van der Waals surface area (Å²) in [6, 6.07) is 26.3. The zero-order valence-electron chi connectivity index (χ0n) is 29.0. The van der Waals surface area contributed by atoms with Crippen molar-refractivity contribution in [2.75, 3.05) is 41.3 Å². The molecule has 0 spiro atoms. The Bertz CT molecular complexity index is 1430. The van der Waals surface area contributed by atoms with Crippen molar-refractivity contribution in [2.45, 2.75) is 63.6 Å². The molecule has 3 N–H and O–H groups in total. The van der Waals surface area contributed by atoms with Crippen molar-refractivity contribution in [3.05, 3.63) is 108 Å². The molecule has 3 amide bonds. The molecule has 2 atom stereocenters. The fourth-order valence-corrected chi connectivity index (χ4v) is 5.33. The standard InChI is InChI=1S/C39H53N5O3/c1-39(2,40)25-15-20-36(45)43(5)35(29-31-21-23-33(24-22-31)32-18-11-8-12-19-32)38(47)44(6)34(28-30-16-9-7-10-17-30)37(46)41-26-13-14-27-42(3)4/h7-12,15-24,34-35H,13-14,25-29,40H2,1-6H3,(H,41,46)/b20-15+/t34-,35-/m1/s1. The highest BCUT2D eigenvalue weighted by Gasteiger charge is 2.34. The van der Waals surface area contributed by atoms with Gasteiger partial charge in [0.15, 0.2) is 0 Å². The van der Waals surface area contributed by atoms with E-state index in [-0.39, 0.29) is 17.7 Å². The smallest absolute Gasteiger partial charge is 0.246 e. The largest absolute Gasteiger partial charge is 0.354 e. The van der Waals surface area contributed by atoms with Crippen molar-refractivity contribution in [3.8, 4) is 11.1 Å². The fraction of sp³-hybridized carbons (Fsp3) is 0.410. The highest BCUT2D eigenvalue weighted by atomic mass is 16.2. The Morgan fingerprint density at radius 3 is 1.89 bits per heavy atom. The second-order valence-electron chi connectivity index (χ2n) is 13.3. The third kappa shape index (κ3) is 12.5. The van der Waals surface area contributed by atoms with E-state index in [0.717, 1.165) is 41.6 Å². The summed E-state index contributed by atoms with van der Waals surface area (Å²) in [5, 5.41) is 3.06. The molecule has 47 heavy (non-hydrogen) atoms. The predicted molar refractivity (Wildman–Crippen MR) is 192 cm³/mol. The monoisotopic (exact) mass is 639 g/mol. The number of unbranched alkanes of at least 4 members (excludes halogenated alkanes) is 1. The lowest BCUT2D eigenvalue weighted by Gasteiger charge is -2.34. The van der Waals surface area contributed by atoms with Gasteiger partial charge in [0.1, 0.15) is 12.1 Å². The molecular weight excluding hydrogens is 586 g/mol. The first-order valence-corrected chi connectivity index (χ1v) is 16.5. The molecule has 3 rings (SSSR count). The molecule has 0 saturated carbocycles. The van der Waals surface area contributed by atoms with Crippen molar-refractivity contribution in [1.29, 1.82) is 0 Å². The Kier molecular flexibility index (Phi) is 14.4. The van der Waals surface area contributed by atoms with Crippen molar-refractivity contribution in [3.63, 3.8) is 0 Å². The van der Waals surface area contributed by atoms with Crippen LogP contribution in [-0.4, -0.2) is 91.3 Å². The van der Waals surface area contributed by atoms with Gasteiger partial charge in [-0.15, -0.1) is 0 Å². The van der Waals surface area contributed by atoms with Crippen LogP contribution in [0.4, 0.5) is 0 Å². The molecule has 0 heterocycles. The summed E-state index contributed by atoms with van der Waals surface area (Å²) in [5.74, 6) is -0.810. The number of likely N-dealkylation sites (N-methyl/N-ethyl adjacent to an activating group) is 2. The molecule has 0 aromatic heterocycles. The summed E-state index contributed by atoms with van der Waals surface area (Å²) < 4.78 is 0. The number of benzene rings is 3. The average molecular weight is 640 g/mol. The van der Waals surface area contributed by atoms with E-state index >= 15 is 0 Å². The predicted octanol–water partition coefficient (Wildman–Crippen LogP) is 4.93. The van der Waals surface area contributed by atoms with Crippen LogP contribution < -0.4 is 11.1 Å². The van der Waals surface area contributed by atoms with E-state index in [1.165, 1.54) is 15.9 Å². The molecule has 0 fully saturated rings. The summed E-state index contributed by atoms with van der Waals surface area (Å²) in [7, 11) is 7.36. The van der Waals surface area contributed by atoms with E-state index < -0.39 is 17.6 Å². The van der Waals surface area contributed by atoms with Gasteiger partial charge in [0.2, 0.25) is 17.7 Å². The van der Waals surface area contributed by atoms with Crippen LogP contribution >= 0.6 is 0 Å². The van der Waals surface area contributed by atoms with Gasteiger partial charge >= 0.3 is 0 Å². The lowest BCUT2D eigenvalue weighted by molar-refractivity contribution is -0.146. The lowest BCUT2D eigenvalue weighted by Crippen LogP contribution is -2.56. The van der Waals surface area contributed by atoms with Gasteiger partial charge in [-0.25, -0.2) is 0 Å². The van der Waals surface area contributed by atoms with Crippen molar-refractivity contribution >= 4 is 17.7 Å². The van der Waals surface area contributed by atoms with Gasteiger partial charge in [-0.05, 0) is 82.1 Å². The molecule has 252 valence electrons. The van der Waals surface area contributed by atoms with Gasteiger partial charge in [-0.3, -0.25) is 14.4 Å². The van der Waals surface area contributed by atoms with Crippen LogP contribution in [0.2, 0.25) is 0 Å². The SMILES string of the molecule is CN(C)CCCCNC(=O)[C@@H](Cc1ccccc1)N(C)C(=O)[C@@H](Cc1ccc(-c2ccccc2)cc1)N(C)C(=O)/C=C/CC(C)(C)N. The molecular formula is C39H53N5O3. The number of hydrogen-bond donors (Lipinski definition) is 2. The van der Waals surface area contributed by atoms with E-state index in [2.05, 4.69) is 22.3 Å².